The number of rotatable bonds is 4. The van der Waals surface area contributed by atoms with Crippen LogP contribution in [0.5, 0.6) is 0 Å². The zero-order valence-electron chi connectivity index (χ0n) is 9.87. The molecule has 1 aliphatic rings. The second-order valence-corrected chi connectivity index (χ2v) is 4.30. The van der Waals surface area contributed by atoms with Gasteiger partial charge in [-0.25, -0.2) is 0 Å². The van der Waals surface area contributed by atoms with E-state index in [-0.39, 0.29) is 6.04 Å². The summed E-state index contributed by atoms with van der Waals surface area (Å²) in [5.74, 6) is 0. The maximum Gasteiger partial charge on any atom is 0.422 e. The van der Waals surface area contributed by atoms with Gasteiger partial charge in [-0.2, -0.15) is 18.3 Å². The average molecular weight is 254 g/mol. The molecule has 0 aliphatic carbocycles. The molecule has 0 aromatic heterocycles. The first-order chi connectivity index (χ1) is 7.78. The summed E-state index contributed by atoms with van der Waals surface area (Å²) >= 11 is 0. The van der Waals surface area contributed by atoms with Crippen molar-refractivity contribution >= 4 is 6.21 Å². The van der Waals surface area contributed by atoms with Gasteiger partial charge in [0, 0.05) is 13.7 Å². The lowest BCUT2D eigenvalue weighted by atomic mass is 10.1. The molecule has 0 spiro atoms. The molecule has 100 valence electrons. The van der Waals surface area contributed by atoms with Gasteiger partial charge < -0.3 is 9.84 Å². The number of hydrogen-bond donors (Lipinski definition) is 1. The largest absolute Gasteiger partial charge is 0.422 e. The summed E-state index contributed by atoms with van der Waals surface area (Å²) in [4.78, 5) is 0. The molecule has 2 atom stereocenters. The van der Waals surface area contributed by atoms with Gasteiger partial charge >= 0.3 is 6.18 Å². The predicted octanol–water partition coefficient (Wildman–Crippen LogP) is 1.40. The Hall–Kier alpha value is -0.820. The first-order valence-corrected chi connectivity index (χ1v) is 5.38. The van der Waals surface area contributed by atoms with Crippen molar-refractivity contribution in [1.29, 1.82) is 0 Å². The summed E-state index contributed by atoms with van der Waals surface area (Å²) in [5.41, 5.74) is -2.90. The van der Waals surface area contributed by atoms with Gasteiger partial charge in [0.25, 0.3) is 0 Å². The van der Waals surface area contributed by atoms with Gasteiger partial charge in [-0.1, -0.05) is 0 Å². The van der Waals surface area contributed by atoms with Gasteiger partial charge in [-0.15, -0.1) is 0 Å². The standard InChI is InChI=1S/C10H17F3N2O2/c1-9(16,10(11,12)13)7-14-15-5-3-4-8(15)6-17-2/h7-8,16H,3-6H2,1-2H3/b14-7+/t8-,9?/m0/s1. The molecule has 1 N–H and O–H groups in total. The maximum absolute atomic E-state index is 12.4. The summed E-state index contributed by atoms with van der Waals surface area (Å²) in [6.07, 6.45) is -2.48. The van der Waals surface area contributed by atoms with E-state index in [0.717, 1.165) is 12.8 Å². The molecule has 17 heavy (non-hydrogen) atoms. The second-order valence-electron chi connectivity index (χ2n) is 4.30. The van der Waals surface area contributed by atoms with Crippen LogP contribution in [0.2, 0.25) is 0 Å². The fraction of sp³-hybridized carbons (Fsp3) is 0.900. The van der Waals surface area contributed by atoms with Crippen molar-refractivity contribution in [3.05, 3.63) is 0 Å². The Morgan fingerprint density at radius 3 is 2.71 bits per heavy atom. The van der Waals surface area contributed by atoms with Gasteiger partial charge in [0.15, 0.2) is 5.60 Å². The van der Waals surface area contributed by atoms with Crippen molar-refractivity contribution in [3.8, 4) is 0 Å². The number of nitrogens with zero attached hydrogens (tertiary/aromatic N) is 2. The minimum Gasteiger partial charge on any atom is -0.382 e. The minimum absolute atomic E-state index is 0.0136. The fourth-order valence-electron chi connectivity index (χ4n) is 1.59. The lowest BCUT2D eigenvalue weighted by molar-refractivity contribution is -0.222. The number of methoxy groups -OCH3 is 1. The molecule has 1 fully saturated rings. The summed E-state index contributed by atoms with van der Waals surface area (Å²) in [6.45, 7) is 1.68. The van der Waals surface area contributed by atoms with E-state index in [0.29, 0.717) is 26.3 Å². The zero-order valence-corrected chi connectivity index (χ0v) is 9.87. The van der Waals surface area contributed by atoms with Crippen molar-refractivity contribution in [2.75, 3.05) is 20.3 Å². The van der Waals surface area contributed by atoms with E-state index in [2.05, 4.69) is 5.10 Å². The van der Waals surface area contributed by atoms with E-state index in [1.54, 1.807) is 0 Å². The van der Waals surface area contributed by atoms with Crippen LogP contribution >= 0.6 is 0 Å². The SMILES string of the molecule is COC[C@@H]1CCCN1/N=C/C(C)(O)C(F)(F)F. The Balaban J connectivity index is 2.64. The quantitative estimate of drug-likeness (QED) is 0.771. The number of ether oxygens (including phenoxy) is 1. The highest BCUT2D eigenvalue weighted by atomic mass is 19.4. The van der Waals surface area contributed by atoms with E-state index in [1.807, 2.05) is 0 Å². The third-order valence-corrected chi connectivity index (χ3v) is 2.74. The van der Waals surface area contributed by atoms with Crippen LogP contribution in [0.1, 0.15) is 19.8 Å². The van der Waals surface area contributed by atoms with Crippen LogP contribution in [0.4, 0.5) is 13.2 Å². The fourth-order valence-corrected chi connectivity index (χ4v) is 1.59. The van der Waals surface area contributed by atoms with E-state index in [9.17, 15) is 18.3 Å². The Morgan fingerprint density at radius 1 is 1.53 bits per heavy atom. The summed E-state index contributed by atoms with van der Waals surface area (Å²) in [6, 6.07) is -0.0136. The smallest absolute Gasteiger partial charge is 0.382 e. The van der Waals surface area contributed by atoms with Gasteiger partial charge in [0.1, 0.15) is 0 Å². The molecular weight excluding hydrogens is 237 g/mol. The Morgan fingerprint density at radius 2 is 2.18 bits per heavy atom. The van der Waals surface area contributed by atoms with Crippen LogP contribution in [0, 0.1) is 0 Å². The second kappa shape index (κ2) is 5.22. The molecule has 0 bridgehead atoms. The predicted molar refractivity (Wildman–Crippen MR) is 56.8 cm³/mol. The molecule has 0 saturated carbocycles. The molecule has 1 unspecified atom stereocenters. The normalized spacial score (nSPS) is 25.5. The first-order valence-electron chi connectivity index (χ1n) is 5.38. The molecular formula is C10H17F3N2O2. The van der Waals surface area contributed by atoms with Crippen LogP contribution in [0.25, 0.3) is 0 Å². The number of halogens is 3. The lowest BCUT2D eigenvalue weighted by Crippen LogP contribution is -2.44. The summed E-state index contributed by atoms with van der Waals surface area (Å²) in [5, 5.41) is 14.4. The lowest BCUT2D eigenvalue weighted by Gasteiger charge is -2.25. The monoisotopic (exact) mass is 254 g/mol. The summed E-state index contributed by atoms with van der Waals surface area (Å²) < 4.78 is 42.1. The molecule has 0 radical (unpaired) electrons. The van der Waals surface area contributed by atoms with Crippen LogP contribution in [-0.2, 0) is 4.74 Å². The van der Waals surface area contributed by atoms with Crippen molar-refractivity contribution in [1.82, 2.24) is 5.01 Å². The van der Waals surface area contributed by atoms with Crippen molar-refractivity contribution in [2.24, 2.45) is 5.10 Å². The van der Waals surface area contributed by atoms with Gasteiger partial charge in [-0.05, 0) is 19.8 Å². The molecule has 0 aromatic carbocycles. The van der Waals surface area contributed by atoms with Crippen LogP contribution in [0.15, 0.2) is 5.10 Å². The third-order valence-electron chi connectivity index (χ3n) is 2.74. The molecule has 4 nitrogen and oxygen atoms in total. The Bertz CT molecular complexity index is 279. The van der Waals surface area contributed by atoms with E-state index < -0.39 is 11.8 Å². The molecule has 0 aromatic rings. The number of alkyl halides is 3. The van der Waals surface area contributed by atoms with E-state index in [4.69, 9.17) is 4.74 Å². The highest BCUT2D eigenvalue weighted by Crippen LogP contribution is 2.29. The molecule has 0 amide bonds. The highest BCUT2D eigenvalue weighted by molar-refractivity contribution is 5.68. The first kappa shape index (κ1) is 14.2. The number of aliphatic hydroxyl groups is 1. The molecule has 1 saturated heterocycles. The van der Waals surface area contributed by atoms with Crippen LogP contribution in [-0.4, -0.2) is 54.4 Å². The summed E-state index contributed by atoms with van der Waals surface area (Å²) in [7, 11) is 1.53. The topological polar surface area (TPSA) is 45.1 Å². The maximum atomic E-state index is 12.4. The van der Waals surface area contributed by atoms with Crippen molar-refractivity contribution in [3.63, 3.8) is 0 Å². The zero-order chi connectivity index (χ0) is 13.1. The van der Waals surface area contributed by atoms with E-state index in [1.165, 1.54) is 12.1 Å². The molecule has 1 aliphatic heterocycles. The minimum atomic E-state index is -4.72. The molecule has 1 rings (SSSR count). The van der Waals surface area contributed by atoms with Gasteiger partial charge in [-0.3, -0.25) is 5.01 Å². The molecule has 1 heterocycles. The molecule has 7 heteroatoms. The van der Waals surface area contributed by atoms with Gasteiger partial charge in [0.2, 0.25) is 0 Å². The van der Waals surface area contributed by atoms with Gasteiger partial charge in [0.05, 0.1) is 18.9 Å². The van der Waals surface area contributed by atoms with Crippen LogP contribution < -0.4 is 0 Å². The van der Waals surface area contributed by atoms with Crippen LogP contribution in [0.3, 0.4) is 0 Å². The number of hydrogen-bond acceptors (Lipinski definition) is 4. The van der Waals surface area contributed by atoms with Crippen molar-refractivity contribution < 1.29 is 23.0 Å². The van der Waals surface area contributed by atoms with E-state index >= 15 is 0 Å². The third kappa shape index (κ3) is 3.57. The van der Waals surface area contributed by atoms with Crippen molar-refractivity contribution in [2.45, 2.75) is 37.6 Å². The number of hydrazone groups is 1. The highest BCUT2D eigenvalue weighted by Gasteiger charge is 2.49. The Kier molecular flexibility index (Phi) is 4.37. The Labute approximate surface area is 98.0 Å². The average Bonchev–Trinajstić information content (AvgIpc) is 2.61.